The molecular weight excluding hydrogens is 272 g/mol. The zero-order valence-electron chi connectivity index (χ0n) is 5.63. The molecule has 0 bridgehead atoms. The van der Waals surface area contributed by atoms with Gasteiger partial charge in [0.1, 0.15) is 5.75 Å². The van der Waals surface area contributed by atoms with Gasteiger partial charge in [0.15, 0.2) is 5.01 Å². The first-order chi connectivity index (χ1) is 5.29. The summed E-state index contributed by atoms with van der Waals surface area (Å²) in [6.07, 6.45) is 0. The third-order valence-corrected chi connectivity index (χ3v) is 4.08. The number of para-hydroxylation sites is 1. The molecule has 0 amide bonds. The molecule has 2 unspecified atom stereocenters. The van der Waals surface area contributed by atoms with Crippen LogP contribution in [0.3, 0.4) is 0 Å². The number of halogens is 2. The molecule has 1 aliphatic rings. The number of rotatable bonds is 0. The lowest BCUT2D eigenvalue weighted by molar-refractivity contribution is 0.329. The number of ether oxygens (including phenoxy) is 1. The van der Waals surface area contributed by atoms with Crippen LogP contribution in [-0.2, 0) is 0 Å². The summed E-state index contributed by atoms with van der Waals surface area (Å²) in [5.41, 5.74) is 1.22. The van der Waals surface area contributed by atoms with Crippen molar-refractivity contribution in [2.45, 2.75) is 9.84 Å². The third kappa shape index (κ3) is 1.20. The number of alkyl halides is 2. The van der Waals surface area contributed by atoms with E-state index in [4.69, 9.17) is 4.74 Å². The average Bonchev–Trinajstić information content (AvgIpc) is 2.30. The van der Waals surface area contributed by atoms with Crippen LogP contribution in [0.15, 0.2) is 24.3 Å². The van der Waals surface area contributed by atoms with Crippen molar-refractivity contribution in [1.29, 1.82) is 0 Å². The summed E-state index contributed by atoms with van der Waals surface area (Å²) in [6.45, 7) is 0. The Morgan fingerprint density at radius 3 is 2.64 bits per heavy atom. The molecule has 1 aromatic rings. The molecule has 2 atom stereocenters. The Morgan fingerprint density at radius 1 is 1.18 bits per heavy atom. The maximum absolute atomic E-state index is 5.49. The molecule has 1 aromatic carbocycles. The zero-order valence-corrected chi connectivity index (χ0v) is 8.80. The summed E-state index contributed by atoms with van der Waals surface area (Å²) in [5.74, 6) is 0.969. The van der Waals surface area contributed by atoms with Crippen molar-refractivity contribution >= 4 is 31.9 Å². The molecule has 3 heteroatoms. The zero-order chi connectivity index (χ0) is 7.84. The Morgan fingerprint density at radius 2 is 1.91 bits per heavy atom. The van der Waals surface area contributed by atoms with E-state index in [1.807, 2.05) is 18.2 Å². The van der Waals surface area contributed by atoms with Crippen molar-refractivity contribution in [3.8, 4) is 5.75 Å². The van der Waals surface area contributed by atoms with Crippen LogP contribution in [0.2, 0.25) is 0 Å². The van der Waals surface area contributed by atoms with E-state index in [1.54, 1.807) is 0 Å². The van der Waals surface area contributed by atoms with Gasteiger partial charge in [-0.25, -0.2) is 0 Å². The van der Waals surface area contributed by atoms with Gasteiger partial charge in [0, 0.05) is 5.56 Å². The van der Waals surface area contributed by atoms with Crippen LogP contribution in [-0.4, -0.2) is 5.01 Å². The second-order valence-electron chi connectivity index (χ2n) is 2.41. The molecular formula is C8H6Br2O. The van der Waals surface area contributed by atoms with Crippen LogP contribution in [0.5, 0.6) is 5.75 Å². The monoisotopic (exact) mass is 276 g/mol. The van der Waals surface area contributed by atoms with Gasteiger partial charge in [-0.3, -0.25) is 0 Å². The van der Waals surface area contributed by atoms with Gasteiger partial charge in [-0.2, -0.15) is 0 Å². The summed E-state index contributed by atoms with van der Waals surface area (Å²) in [5, 5.41) is 0.0694. The molecule has 1 heterocycles. The Hall–Kier alpha value is -0.0200. The molecule has 1 nitrogen and oxygen atoms in total. The molecule has 0 aromatic heterocycles. The molecule has 11 heavy (non-hydrogen) atoms. The number of hydrogen-bond donors (Lipinski definition) is 0. The lowest BCUT2D eigenvalue weighted by Gasteiger charge is -2.03. The van der Waals surface area contributed by atoms with Gasteiger partial charge in [-0.05, 0) is 22.0 Å². The Bertz CT molecular complexity index is 275. The summed E-state index contributed by atoms with van der Waals surface area (Å²) in [6, 6.07) is 8.03. The van der Waals surface area contributed by atoms with E-state index in [1.165, 1.54) is 5.56 Å². The topological polar surface area (TPSA) is 9.23 Å². The van der Waals surface area contributed by atoms with Crippen molar-refractivity contribution in [2.75, 3.05) is 0 Å². The lowest BCUT2D eigenvalue weighted by atomic mass is 10.2. The highest BCUT2D eigenvalue weighted by Gasteiger charge is 2.29. The molecule has 0 spiro atoms. The molecule has 0 saturated carbocycles. The van der Waals surface area contributed by atoms with Crippen molar-refractivity contribution < 1.29 is 4.74 Å². The molecule has 2 rings (SSSR count). The Labute approximate surface area is 82.0 Å². The quantitative estimate of drug-likeness (QED) is 0.662. The van der Waals surface area contributed by atoms with Crippen molar-refractivity contribution in [3.05, 3.63) is 29.8 Å². The van der Waals surface area contributed by atoms with Crippen LogP contribution in [0, 0.1) is 0 Å². The lowest BCUT2D eigenvalue weighted by Crippen LogP contribution is -2.03. The fourth-order valence-electron chi connectivity index (χ4n) is 1.14. The predicted molar refractivity (Wildman–Crippen MR) is 51.5 cm³/mol. The first-order valence-electron chi connectivity index (χ1n) is 3.33. The van der Waals surface area contributed by atoms with Gasteiger partial charge >= 0.3 is 0 Å². The van der Waals surface area contributed by atoms with Gasteiger partial charge < -0.3 is 4.74 Å². The van der Waals surface area contributed by atoms with Crippen LogP contribution in [0.1, 0.15) is 10.4 Å². The second-order valence-corrected chi connectivity index (χ2v) is 4.30. The predicted octanol–water partition coefficient (Wildman–Crippen LogP) is 3.24. The molecule has 0 saturated heterocycles. The van der Waals surface area contributed by atoms with E-state index >= 15 is 0 Å². The summed E-state index contributed by atoms with van der Waals surface area (Å²) in [7, 11) is 0. The molecule has 0 N–H and O–H groups in total. The van der Waals surface area contributed by atoms with E-state index in [-0.39, 0.29) is 9.84 Å². The number of benzene rings is 1. The summed E-state index contributed by atoms with van der Waals surface area (Å²) >= 11 is 6.95. The van der Waals surface area contributed by atoms with Gasteiger partial charge in [-0.15, -0.1) is 0 Å². The standard InChI is InChI=1S/C8H6Br2O/c9-7-5-3-1-2-4-6(5)11-8(7)10/h1-4,7-8H. The minimum absolute atomic E-state index is 0.0694. The van der Waals surface area contributed by atoms with E-state index in [2.05, 4.69) is 37.9 Å². The molecule has 58 valence electrons. The smallest absolute Gasteiger partial charge is 0.169 e. The maximum Gasteiger partial charge on any atom is 0.169 e. The van der Waals surface area contributed by atoms with Crippen molar-refractivity contribution in [1.82, 2.24) is 0 Å². The maximum atomic E-state index is 5.49. The van der Waals surface area contributed by atoms with Crippen molar-refractivity contribution in [2.24, 2.45) is 0 Å². The first kappa shape index (κ1) is 7.62. The van der Waals surface area contributed by atoms with E-state index < -0.39 is 0 Å². The van der Waals surface area contributed by atoms with E-state index in [0.717, 1.165) is 5.75 Å². The fraction of sp³-hybridized carbons (Fsp3) is 0.250. The minimum atomic E-state index is 0.0694. The SMILES string of the molecule is BrC1Oc2ccccc2C1Br. The largest absolute Gasteiger partial charge is 0.477 e. The fourth-order valence-corrected chi connectivity index (χ4v) is 2.11. The van der Waals surface area contributed by atoms with E-state index in [0.29, 0.717) is 0 Å². The first-order valence-corrected chi connectivity index (χ1v) is 5.16. The average molecular weight is 278 g/mol. The van der Waals surface area contributed by atoms with Gasteiger partial charge in [0.25, 0.3) is 0 Å². The molecule has 1 aliphatic heterocycles. The number of hydrogen-bond acceptors (Lipinski definition) is 1. The highest BCUT2D eigenvalue weighted by molar-refractivity contribution is 9.12. The number of fused-ring (bicyclic) bond motifs is 1. The highest BCUT2D eigenvalue weighted by atomic mass is 79.9. The van der Waals surface area contributed by atoms with Crippen LogP contribution in [0.25, 0.3) is 0 Å². The molecule has 0 fully saturated rings. The van der Waals surface area contributed by atoms with Gasteiger partial charge in [0.2, 0.25) is 0 Å². The normalized spacial score (nSPS) is 27.8. The molecule has 0 aliphatic carbocycles. The van der Waals surface area contributed by atoms with Gasteiger partial charge in [-0.1, -0.05) is 34.1 Å². The Kier molecular flexibility index (Phi) is 1.93. The van der Waals surface area contributed by atoms with Crippen LogP contribution >= 0.6 is 31.9 Å². The Balaban J connectivity index is 2.47. The van der Waals surface area contributed by atoms with Crippen LogP contribution < -0.4 is 4.74 Å². The van der Waals surface area contributed by atoms with E-state index in [9.17, 15) is 0 Å². The second kappa shape index (κ2) is 2.79. The van der Waals surface area contributed by atoms with Crippen LogP contribution in [0.4, 0.5) is 0 Å². The van der Waals surface area contributed by atoms with Crippen molar-refractivity contribution in [3.63, 3.8) is 0 Å². The van der Waals surface area contributed by atoms with Gasteiger partial charge in [0.05, 0.1) is 4.83 Å². The third-order valence-electron chi connectivity index (χ3n) is 1.69. The summed E-state index contributed by atoms with van der Waals surface area (Å²) < 4.78 is 5.49. The molecule has 0 radical (unpaired) electrons. The highest BCUT2D eigenvalue weighted by Crippen LogP contribution is 2.43. The minimum Gasteiger partial charge on any atom is -0.477 e. The summed E-state index contributed by atoms with van der Waals surface area (Å²) in [4.78, 5) is 0.277.